The first kappa shape index (κ1) is 14.0. The predicted octanol–water partition coefficient (Wildman–Crippen LogP) is 3.16. The third kappa shape index (κ3) is 2.78. The molecule has 0 fully saturated rings. The van der Waals surface area contributed by atoms with Crippen molar-refractivity contribution in [3.8, 4) is 0 Å². The molecule has 0 atom stereocenters. The number of aliphatic hydroxyl groups excluding tert-OH is 1. The number of non-ortho nitro benzene ring substituents is 1. The Balaban J connectivity index is 2.44. The van der Waals surface area contributed by atoms with Gasteiger partial charge in [0.2, 0.25) is 0 Å². The fourth-order valence-electron chi connectivity index (χ4n) is 2.12. The van der Waals surface area contributed by atoms with Crippen molar-refractivity contribution < 1.29 is 10.0 Å². The van der Waals surface area contributed by atoms with E-state index in [0.717, 1.165) is 16.9 Å². The summed E-state index contributed by atoms with van der Waals surface area (Å²) in [6.45, 7) is 1.76. The van der Waals surface area contributed by atoms with Gasteiger partial charge in [-0.2, -0.15) is 0 Å². The van der Waals surface area contributed by atoms with E-state index in [1.54, 1.807) is 6.07 Å². The van der Waals surface area contributed by atoms with Gasteiger partial charge in [0, 0.05) is 36.1 Å². The smallest absolute Gasteiger partial charge is 0.269 e. The molecule has 0 aromatic heterocycles. The summed E-state index contributed by atoms with van der Waals surface area (Å²) in [4.78, 5) is 12.2. The SMILES string of the molecule is Cc1cccc(N(C)c2ccc([N+](=O)[O-])cc2CO)c1. The van der Waals surface area contributed by atoms with Crippen LogP contribution in [0.25, 0.3) is 0 Å². The van der Waals surface area contributed by atoms with Gasteiger partial charge in [-0.05, 0) is 30.7 Å². The van der Waals surface area contributed by atoms with E-state index in [1.165, 1.54) is 12.1 Å². The summed E-state index contributed by atoms with van der Waals surface area (Å²) in [5, 5.41) is 20.2. The van der Waals surface area contributed by atoms with Crippen molar-refractivity contribution in [1.29, 1.82) is 0 Å². The number of aliphatic hydroxyl groups is 1. The molecular formula is C15H16N2O3. The van der Waals surface area contributed by atoms with Crippen molar-refractivity contribution in [2.75, 3.05) is 11.9 Å². The van der Waals surface area contributed by atoms with Gasteiger partial charge in [-0.15, -0.1) is 0 Å². The molecule has 0 unspecified atom stereocenters. The average Bonchev–Trinajstić information content (AvgIpc) is 2.45. The van der Waals surface area contributed by atoms with Gasteiger partial charge in [-0.3, -0.25) is 10.1 Å². The second kappa shape index (κ2) is 5.71. The molecule has 20 heavy (non-hydrogen) atoms. The number of hydrogen-bond donors (Lipinski definition) is 1. The highest BCUT2D eigenvalue weighted by Crippen LogP contribution is 2.30. The molecule has 0 heterocycles. The summed E-state index contributed by atoms with van der Waals surface area (Å²) < 4.78 is 0. The molecule has 0 aliphatic carbocycles. The molecule has 0 spiro atoms. The summed E-state index contributed by atoms with van der Waals surface area (Å²) in [5.74, 6) is 0. The molecule has 0 bridgehead atoms. The molecule has 5 heteroatoms. The quantitative estimate of drug-likeness (QED) is 0.685. The predicted molar refractivity (Wildman–Crippen MR) is 78.3 cm³/mol. The lowest BCUT2D eigenvalue weighted by atomic mass is 10.1. The molecule has 104 valence electrons. The lowest BCUT2D eigenvalue weighted by Gasteiger charge is -2.22. The van der Waals surface area contributed by atoms with Crippen LogP contribution in [0.1, 0.15) is 11.1 Å². The van der Waals surface area contributed by atoms with Crippen LogP contribution >= 0.6 is 0 Å². The Labute approximate surface area is 117 Å². The molecule has 5 nitrogen and oxygen atoms in total. The number of rotatable bonds is 4. The van der Waals surface area contributed by atoms with Gasteiger partial charge >= 0.3 is 0 Å². The number of anilines is 2. The van der Waals surface area contributed by atoms with Crippen LogP contribution in [-0.4, -0.2) is 17.1 Å². The molecule has 0 radical (unpaired) electrons. The molecule has 2 aromatic carbocycles. The van der Waals surface area contributed by atoms with E-state index in [1.807, 2.05) is 43.1 Å². The van der Waals surface area contributed by atoms with Crippen LogP contribution in [-0.2, 0) is 6.61 Å². The van der Waals surface area contributed by atoms with Crippen LogP contribution < -0.4 is 4.90 Å². The first-order valence-electron chi connectivity index (χ1n) is 6.21. The largest absolute Gasteiger partial charge is 0.392 e. The van der Waals surface area contributed by atoms with Gasteiger partial charge in [-0.25, -0.2) is 0 Å². The van der Waals surface area contributed by atoms with Crippen LogP contribution in [0.5, 0.6) is 0 Å². The lowest BCUT2D eigenvalue weighted by Crippen LogP contribution is -2.12. The molecule has 0 aliphatic rings. The van der Waals surface area contributed by atoms with Crippen LogP contribution in [0.15, 0.2) is 42.5 Å². The summed E-state index contributed by atoms with van der Waals surface area (Å²) in [6.07, 6.45) is 0. The monoisotopic (exact) mass is 272 g/mol. The first-order chi connectivity index (χ1) is 9.52. The second-order valence-electron chi connectivity index (χ2n) is 4.63. The van der Waals surface area contributed by atoms with E-state index in [4.69, 9.17) is 0 Å². The second-order valence-corrected chi connectivity index (χ2v) is 4.63. The Hall–Kier alpha value is -2.40. The Bertz CT molecular complexity index is 641. The number of nitrogens with zero attached hydrogens (tertiary/aromatic N) is 2. The summed E-state index contributed by atoms with van der Waals surface area (Å²) >= 11 is 0. The number of nitro benzene ring substituents is 1. The topological polar surface area (TPSA) is 66.6 Å². The van der Waals surface area contributed by atoms with E-state index in [2.05, 4.69) is 0 Å². The molecule has 2 aromatic rings. The van der Waals surface area contributed by atoms with Crippen LogP contribution in [0.3, 0.4) is 0 Å². The number of aryl methyl sites for hydroxylation is 1. The van der Waals surface area contributed by atoms with Gasteiger partial charge in [0.05, 0.1) is 11.5 Å². The van der Waals surface area contributed by atoms with Gasteiger partial charge in [0.25, 0.3) is 5.69 Å². The van der Waals surface area contributed by atoms with Crippen molar-refractivity contribution in [3.63, 3.8) is 0 Å². The Morgan fingerprint density at radius 2 is 2.00 bits per heavy atom. The minimum atomic E-state index is -0.463. The molecule has 0 saturated heterocycles. The van der Waals surface area contributed by atoms with Crippen LogP contribution in [0, 0.1) is 17.0 Å². The highest BCUT2D eigenvalue weighted by atomic mass is 16.6. The summed E-state index contributed by atoms with van der Waals surface area (Å²) in [5.41, 5.74) is 3.36. The van der Waals surface area contributed by atoms with Gasteiger partial charge in [0.15, 0.2) is 0 Å². The van der Waals surface area contributed by atoms with E-state index in [0.29, 0.717) is 5.56 Å². The molecule has 0 saturated carbocycles. The van der Waals surface area contributed by atoms with Gasteiger partial charge in [-0.1, -0.05) is 12.1 Å². The first-order valence-corrected chi connectivity index (χ1v) is 6.21. The van der Waals surface area contributed by atoms with Crippen molar-refractivity contribution >= 4 is 17.1 Å². The molecule has 1 N–H and O–H groups in total. The van der Waals surface area contributed by atoms with Gasteiger partial charge in [0.1, 0.15) is 0 Å². The maximum atomic E-state index is 10.8. The normalized spacial score (nSPS) is 10.3. The molecule has 2 rings (SSSR count). The minimum absolute atomic E-state index is 0.0181. The van der Waals surface area contributed by atoms with Crippen LogP contribution in [0.2, 0.25) is 0 Å². The Morgan fingerprint density at radius 3 is 2.60 bits per heavy atom. The summed E-state index contributed by atoms with van der Waals surface area (Å²) in [7, 11) is 1.87. The highest BCUT2D eigenvalue weighted by molar-refractivity contribution is 5.67. The van der Waals surface area contributed by atoms with E-state index >= 15 is 0 Å². The maximum absolute atomic E-state index is 10.8. The van der Waals surface area contributed by atoms with Crippen molar-refractivity contribution in [2.24, 2.45) is 0 Å². The van der Waals surface area contributed by atoms with E-state index in [-0.39, 0.29) is 12.3 Å². The summed E-state index contributed by atoms with van der Waals surface area (Å²) in [6, 6.07) is 12.4. The van der Waals surface area contributed by atoms with E-state index in [9.17, 15) is 15.2 Å². The number of nitro groups is 1. The average molecular weight is 272 g/mol. The number of hydrogen-bond acceptors (Lipinski definition) is 4. The fraction of sp³-hybridized carbons (Fsp3) is 0.200. The molecule has 0 aliphatic heterocycles. The number of benzene rings is 2. The third-order valence-corrected chi connectivity index (χ3v) is 3.19. The lowest BCUT2D eigenvalue weighted by molar-refractivity contribution is -0.384. The maximum Gasteiger partial charge on any atom is 0.269 e. The molecule has 0 amide bonds. The van der Waals surface area contributed by atoms with Crippen LogP contribution in [0.4, 0.5) is 17.1 Å². The highest BCUT2D eigenvalue weighted by Gasteiger charge is 2.14. The molecular weight excluding hydrogens is 256 g/mol. The van der Waals surface area contributed by atoms with Gasteiger partial charge < -0.3 is 10.0 Å². The standard InChI is InChI=1S/C15H16N2O3/c1-11-4-3-5-13(8-11)16(2)15-7-6-14(17(19)20)9-12(15)10-18/h3-9,18H,10H2,1-2H3. The zero-order valence-electron chi connectivity index (χ0n) is 11.4. The zero-order chi connectivity index (χ0) is 14.7. The Morgan fingerprint density at radius 1 is 1.25 bits per heavy atom. The Kier molecular flexibility index (Phi) is 4.00. The van der Waals surface area contributed by atoms with Crippen molar-refractivity contribution in [2.45, 2.75) is 13.5 Å². The third-order valence-electron chi connectivity index (χ3n) is 3.19. The van der Waals surface area contributed by atoms with Crippen molar-refractivity contribution in [3.05, 3.63) is 63.7 Å². The van der Waals surface area contributed by atoms with E-state index < -0.39 is 4.92 Å². The fourth-order valence-corrected chi connectivity index (χ4v) is 2.12. The van der Waals surface area contributed by atoms with Crippen molar-refractivity contribution in [1.82, 2.24) is 0 Å². The minimum Gasteiger partial charge on any atom is -0.392 e. The zero-order valence-corrected chi connectivity index (χ0v) is 11.4.